The van der Waals surface area contributed by atoms with E-state index in [4.69, 9.17) is 0 Å². The molecule has 1 spiro atoms. The summed E-state index contributed by atoms with van der Waals surface area (Å²) in [5.74, 6) is 0.230. The number of hydrogen-bond donors (Lipinski definition) is 0. The maximum atomic E-state index is 12.8. The molecule has 0 bridgehead atoms. The predicted molar refractivity (Wildman–Crippen MR) is 119 cm³/mol. The first-order chi connectivity index (χ1) is 14.2. The van der Waals surface area contributed by atoms with Crippen LogP contribution >= 0.6 is 11.3 Å². The SMILES string of the molecule is Cc1ccc(C(=O)N2CCC(N3CC4(CCCCC4)C3c3ccccc3)CC2)s1. The number of aryl methyl sites for hydroxylation is 1. The summed E-state index contributed by atoms with van der Waals surface area (Å²) in [4.78, 5) is 19.8. The Labute approximate surface area is 178 Å². The van der Waals surface area contributed by atoms with E-state index in [0.29, 0.717) is 17.5 Å². The molecule has 1 unspecified atom stereocenters. The van der Waals surface area contributed by atoms with Gasteiger partial charge in [0.1, 0.15) is 0 Å². The van der Waals surface area contributed by atoms with Crippen LogP contribution in [0.4, 0.5) is 0 Å². The molecule has 3 heterocycles. The van der Waals surface area contributed by atoms with Gasteiger partial charge in [0.05, 0.1) is 4.88 Å². The molecule has 3 aliphatic rings. The van der Waals surface area contributed by atoms with Gasteiger partial charge in [0.15, 0.2) is 0 Å². The van der Waals surface area contributed by atoms with Crippen molar-refractivity contribution in [2.45, 2.75) is 64.0 Å². The number of carbonyl (C=O) groups excluding carboxylic acids is 1. The highest BCUT2D eigenvalue weighted by Crippen LogP contribution is 2.58. The average Bonchev–Trinajstić information content (AvgIpc) is 3.19. The summed E-state index contributed by atoms with van der Waals surface area (Å²) in [6.45, 7) is 5.12. The fourth-order valence-corrected chi connectivity index (χ4v) is 6.93. The highest BCUT2D eigenvalue weighted by molar-refractivity contribution is 7.13. The molecule has 0 radical (unpaired) electrons. The van der Waals surface area contributed by atoms with Crippen molar-refractivity contribution in [3.8, 4) is 0 Å². The molecule has 2 saturated heterocycles. The lowest BCUT2D eigenvalue weighted by molar-refractivity contribution is -0.132. The van der Waals surface area contributed by atoms with Crippen LogP contribution in [0.1, 0.15) is 71.1 Å². The summed E-state index contributed by atoms with van der Waals surface area (Å²) in [6, 6.07) is 16.4. The van der Waals surface area contributed by atoms with Crippen molar-refractivity contribution in [1.29, 1.82) is 0 Å². The largest absolute Gasteiger partial charge is 0.338 e. The first kappa shape index (κ1) is 19.3. The monoisotopic (exact) mass is 408 g/mol. The van der Waals surface area contributed by atoms with Gasteiger partial charge in [-0.3, -0.25) is 9.69 Å². The van der Waals surface area contributed by atoms with E-state index in [0.717, 1.165) is 30.8 Å². The van der Waals surface area contributed by atoms with E-state index >= 15 is 0 Å². The Hall–Kier alpha value is -1.65. The standard InChI is InChI=1S/C25H32N2OS/c1-19-10-11-22(29-19)24(28)26-16-12-21(13-17-26)27-18-25(14-6-3-7-15-25)23(27)20-8-4-2-5-9-20/h2,4-5,8-11,21,23H,3,6-7,12-18H2,1H3. The molecule has 1 atom stereocenters. The Balaban J connectivity index is 1.28. The van der Waals surface area contributed by atoms with Crippen molar-refractivity contribution in [3.63, 3.8) is 0 Å². The first-order valence-corrected chi connectivity index (χ1v) is 12.1. The number of hydrogen-bond acceptors (Lipinski definition) is 3. The molecule has 1 aromatic carbocycles. The molecule has 1 aliphatic carbocycles. The summed E-state index contributed by atoms with van der Waals surface area (Å²) in [7, 11) is 0. The quantitative estimate of drug-likeness (QED) is 0.653. The van der Waals surface area contributed by atoms with Crippen LogP contribution in [0, 0.1) is 12.3 Å². The van der Waals surface area contributed by atoms with Gasteiger partial charge in [0.2, 0.25) is 0 Å². The Morgan fingerprint density at radius 3 is 2.38 bits per heavy atom. The molecule has 5 rings (SSSR count). The van der Waals surface area contributed by atoms with Crippen LogP contribution in [0.2, 0.25) is 0 Å². The number of benzene rings is 1. The summed E-state index contributed by atoms with van der Waals surface area (Å²) in [5.41, 5.74) is 2.01. The molecule has 1 amide bonds. The highest BCUT2D eigenvalue weighted by atomic mass is 32.1. The third-order valence-electron chi connectivity index (χ3n) is 7.55. The van der Waals surface area contributed by atoms with Gasteiger partial charge in [-0.2, -0.15) is 0 Å². The lowest BCUT2D eigenvalue weighted by Gasteiger charge is -2.63. The second-order valence-corrected chi connectivity index (χ2v) is 10.6. The lowest BCUT2D eigenvalue weighted by Crippen LogP contribution is -2.63. The number of likely N-dealkylation sites (tertiary alicyclic amines) is 2. The molecule has 2 aromatic rings. The summed E-state index contributed by atoms with van der Waals surface area (Å²) >= 11 is 1.62. The zero-order valence-electron chi connectivity index (χ0n) is 17.5. The number of carbonyl (C=O) groups is 1. The van der Waals surface area contributed by atoms with Crippen molar-refractivity contribution in [1.82, 2.24) is 9.80 Å². The normalized spacial score (nSPS) is 25.1. The molecule has 3 fully saturated rings. The van der Waals surface area contributed by atoms with E-state index in [1.165, 1.54) is 49.1 Å². The second kappa shape index (κ2) is 7.88. The number of piperidine rings is 1. The Bertz CT molecular complexity index is 847. The van der Waals surface area contributed by atoms with Crippen molar-refractivity contribution in [2.75, 3.05) is 19.6 Å². The van der Waals surface area contributed by atoms with Crippen LogP contribution in [-0.2, 0) is 0 Å². The molecule has 29 heavy (non-hydrogen) atoms. The van der Waals surface area contributed by atoms with Crippen molar-refractivity contribution in [2.24, 2.45) is 5.41 Å². The van der Waals surface area contributed by atoms with E-state index in [1.807, 2.05) is 6.07 Å². The third-order valence-corrected chi connectivity index (χ3v) is 8.53. The van der Waals surface area contributed by atoms with Crippen LogP contribution in [0.25, 0.3) is 0 Å². The van der Waals surface area contributed by atoms with Crippen LogP contribution < -0.4 is 0 Å². The van der Waals surface area contributed by atoms with Gasteiger partial charge >= 0.3 is 0 Å². The Morgan fingerprint density at radius 1 is 1.00 bits per heavy atom. The van der Waals surface area contributed by atoms with Crippen molar-refractivity contribution >= 4 is 17.2 Å². The zero-order chi connectivity index (χ0) is 19.8. The van der Waals surface area contributed by atoms with Gasteiger partial charge in [0, 0.05) is 42.0 Å². The molecule has 4 heteroatoms. The first-order valence-electron chi connectivity index (χ1n) is 11.3. The molecule has 1 saturated carbocycles. The minimum absolute atomic E-state index is 0.230. The molecule has 0 N–H and O–H groups in total. The van der Waals surface area contributed by atoms with E-state index in [2.05, 4.69) is 53.1 Å². The molecule has 3 nitrogen and oxygen atoms in total. The maximum Gasteiger partial charge on any atom is 0.263 e. The number of amides is 1. The molecular weight excluding hydrogens is 376 g/mol. The molecule has 1 aromatic heterocycles. The molecule has 2 aliphatic heterocycles. The van der Waals surface area contributed by atoms with Crippen molar-refractivity contribution in [3.05, 3.63) is 57.8 Å². The van der Waals surface area contributed by atoms with E-state index in [9.17, 15) is 4.79 Å². The highest BCUT2D eigenvalue weighted by Gasteiger charge is 2.54. The number of thiophene rings is 1. The topological polar surface area (TPSA) is 23.6 Å². The van der Waals surface area contributed by atoms with E-state index in [-0.39, 0.29) is 5.91 Å². The Kier molecular flexibility index (Phi) is 5.25. The Morgan fingerprint density at radius 2 is 1.72 bits per heavy atom. The predicted octanol–water partition coefficient (Wildman–Crippen LogP) is 5.67. The zero-order valence-corrected chi connectivity index (χ0v) is 18.3. The summed E-state index contributed by atoms with van der Waals surface area (Å²) in [6.07, 6.45) is 9.18. The second-order valence-electron chi connectivity index (χ2n) is 9.34. The molecular formula is C25H32N2OS. The van der Waals surface area contributed by atoms with Gasteiger partial charge in [-0.1, -0.05) is 49.6 Å². The average molecular weight is 409 g/mol. The smallest absolute Gasteiger partial charge is 0.263 e. The fourth-order valence-electron chi connectivity index (χ4n) is 6.09. The van der Waals surface area contributed by atoms with Crippen LogP contribution in [0.3, 0.4) is 0 Å². The van der Waals surface area contributed by atoms with Crippen LogP contribution in [0.5, 0.6) is 0 Å². The van der Waals surface area contributed by atoms with Gasteiger partial charge in [-0.15, -0.1) is 11.3 Å². The lowest BCUT2D eigenvalue weighted by atomic mass is 9.60. The summed E-state index contributed by atoms with van der Waals surface area (Å²) < 4.78 is 0. The number of nitrogens with zero attached hydrogens (tertiary/aromatic N) is 2. The van der Waals surface area contributed by atoms with Gasteiger partial charge in [-0.25, -0.2) is 0 Å². The van der Waals surface area contributed by atoms with E-state index in [1.54, 1.807) is 11.3 Å². The third kappa shape index (κ3) is 3.55. The van der Waals surface area contributed by atoms with Gasteiger partial charge in [0.25, 0.3) is 5.91 Å². The minimum atomic E-state index is 0.230. The fraction of sp³-hybridized carbons (Fsp3) is 0.560. The minimum Gasteiger partial charge on any atom is -0.338 e. The number of rotatable bonds is 3. The van der Waals surface area contributed by atoms with E-state index < -0.39 is 0 Å². The van der Waals surface area contributed by atoms with Crippen molar-refractivity contribution < 1.29 is 4.79 Å². The van der Waals surface area contributed by atoms with Crippen LogP contribution in [0.15, 0.2) is 42.5 Å². The summed E-state index contributed by atoms with van der Waals surface area (Å²) in [5, 5.41) is 0. The maximum absolute atomic E-state index is 12.8. The van der Waals surface area contributed by atoms with Crippen LogP contribution in [-0.4, -0.2) is 41.4 Å². The van der Waals surface area contributed by atoms with Gasteiger partial charge < -0.3 is 4.90 Å². The molecule has 154 valence electrons. The van der Waals surface area contributed by atoms with Gasteiger partial charge in [-0.05, 0) is 50.3 Å².